The van der Waals surface area contributed by atoms with Crippen molar-refractivity contribution >= 4 is 26.0 Å². The molecule has 0 saturated carbocycles. The molecule has 1 aromatic carbocycles. The van der Waals surface area contributed by atoms with Gasteiger partial charge < -0.3 is 19.0 Å². The number of rotatable bonds is 6. The maximum Gasteiger partial charge on any atom is 0.410 e. The molecule has 182 valence electrons. The molecule has 33 heavy (non-hydrogen) atoms. The van der Waals surface area contributed by atoms with E-state index < -0.39 is 19.3 Å². The summed E-state index contributed by atoms with van der Waals surface area (Å²) < 4.78 is 12.2. The third-order valence-corrected chi connectivity index (χ3v) is 11.8. The van der Waals surface area contributed by atoms with Crippen LogP contribution in [0.15, 0.2) is 24.3 Å². The summed E-state index contributed by atoms with van der Waals surface area (Å²) in [5.74, 6) is 0.135. The summed E-state index contributed by atoms with van der Waals surface area (Å²) in [7, 11) is -0.238. The molecule has 2 aliphatic heterocycles. The zero-order chi connectivity index (χ0) is 24.6. The van der Waals surface area contributed by atoms with Crippen LogP contribution in [-0.2, 0) is 20.6 Å². The smallest absolute Gasteiger partial charge is 0.410 e. The average molecular weight is 478 g/mol. The molecule has 0 N–H and O–H groups in total. The number of ether oxygens (including phenoxy) is 1. The van der Waals surface area contributed by atoms with Crippen LogP contribution in [0, 0.1) is 16.0 Å². The normalized spacial score (nSPS) is 23.8. The van der Waals surface area contributed by atoms with E-state index in [-0.39, 0.29) is 41.3 Å². The lowest BCUT2D eigenvalue weighted by atomic mass is 9.96. The third kappa shape index (κ3) is 5.73. The van der Waals surface area contributed by atoms with Gasteiger partial charge in [0.15, 0.2) is 8.32 Å². The van der Waals surface area contributed by atoms with E-state index in [1.165, 1.54) is 12.1 Å². The number of benzene rings is 1. The Kier molecular flexibility index (Phi) is 7.18. The lowest BCUT2D eigenvalue weighted by molar-refractivity contribution is -0.384. The summed E-state index contributed by atoms with van der Waals surface area (Å²) in [4.78, 5) is 39.1. The fraction of sp³-hybridized carbons (Fsp3) is 0.652. The van der Waals surface area contributed by atoms with E-state index in [0.29, 0.717) is 31.5 Å². The van der Waals surface area contributed by atoms with Gasteiger partial charge >= 0.3 is 6.09 Å². The summed E-state index contributed by atoms with van der Waals surface area (Å²) >= 11 is 0. The fourth-order valence-electron chi connectivity index (χ4n) is 4.26. The predicted octanol–water partition coefficient (Wildman–Crippen LogP) is 4.17. The molecule has 3 rings (SSSR count). The number of carbonyl (C=O) groups excluding carboxylic acids is 2. The Balaban J connectivity index is 1.71. The first-order valence-electron chi connectivity index (χ1n) is 11.4. The molecule has 0 aromatic heterocycles. The van der Waals surface area contributed by atoms with E-state index in [9.17, 15) is 19.7 Å². The molecule has 0 aliphatic carbocycles. The maximum absolute atomic E-state index is 13.1. The van der Waals surface area contributed by atoms with Crippen molar-refractivity contribution in [2.24, 2.45) is 5.92 Å². The van der Waals surface area contributed by atoms with Gasteiger partial charge in [-0.3, -0.25) is 14.9 Å². The molecule has 0 unspecified atom stereocenters. The molecule has 0 spiro atoms. The van der Waals surface area contributed by atoms with Crippen molar-refractivity contribution < 1.29 is 23.7 Å². The Morgan fingerprint density at radius 3 is 2.36 bits per heavy atom. The number of nitro groups is 1. The highest BCUT2D eigenvalue weighted by Gasteiger charge is 2.47. The van der Waals surface area contributed by atoms with Gasteiger partial charge in [-0.15, -0.1) is 0 Å². The second kappa shape index (κ2) is 9.42. The number of non-ortho nitro benzene ring substituents is 1. The Morgan fingerprint density at radius 2 is 1.85 bits per heavy atom. The number of nitro benzene ring substituents is 1. The van der Waals surface area contributed by atoms with Crippen molar-refractivity contribution in [1.82, 2.24) is 9.80 Å². The molecule has 3 atom stereocenters. The number of amides is 2. The summed E-state index contributed by atoms with van der Waals surface area (Å²) in [6.45, 7) is 12.0. The molecular formula is C23H35N3O6Si. The first kappa shape index (κ1) is 25.2. The minimum Gasteiger partial charge on any atom is -0.445 e. The SMILES string of the molecule is CN1C[C@@H]([C@@H]2C[C@@H](O[Si](C)(C)C(C)(C)C)CN2C(=O)OCc2ccc([N+](=O)[O-])cc2)CC1=O. The highest BCUT2D eigenvalue weighted by molar-refractivity contribution is 6.74. The largest absolute Gasteiger partial charge is 0.445 e. The molecular weight excluding hydrogens is 442 g/mol. The van der Waals surface area contributed by atoms with Crippen molar-refractivity contribution in [2.75, 3.05) is 20.1 Å². The molecule has 0 bridgehead atoms. The molecule has 9 nitrogen and oxygen atoms in total. The quantitative estimate of drug-likeness (QED) is 0.346. The predicted molar refractivity (Wildman–Crippen MR) is 126 cm³/mol. The zero-order valence-corrected chi connectivity index (χ0v) is 21.4. The number of hydrogen-bond acceptors (Lipinski definition) is 6. The summed E-state index contributed by atoms with van der Waals surface area (Å²) in [6.07, 6.45) is 0.566. The number of nitrogens with zero attached hydrogens (tertiary/aromatic N) is 3. The number of likely N-dealkylation sites (tertiary alicyclic amines) is 2. The molecule has 1 aromatic rings. The van der Waals surface area contributed by atoms with E-state index in [0.717, 1.165) is 0 Å². The van der Waals surface area contributed by atoms with Crippen LogP contribution in [0.5, 0.6) is 0 Å². The van der Waals surface area contributed by atoms with Gasteiger partial charge in [-0.05, 0) is 42.2 Å². The van der Waals surface area contributed by atoms with Gasteiger partial charge in [0.2, 0.25) is 5.91 Å². The van der Waals surface area contributed by atoms with Crippen LogP contribution in [-0.4, -0.2) is 67.3 Å². The second-order valence-electron chi connectivity index (χ2n) is 10.7. The van der Waals surface area contributed by atoms with Crippen molar-refractivity contribution in [3.05, 3.63) is 39.9 Å². The average Bonchev–Trinajstić information content (AvgIpc) is 3.28. The van der Waals surface area contributed by atoms with E-state index in [4.69, 9.17) is 9.16 Å². The third-order valence-electron chi connectivity index (χ3n) is 7.23. The van der Waals surface area contributed by atoms with Crippen LogP contribution >= 0.6 is 0 Å². The molecule has 2 fully saturated rings. The standard InChI is InChI=1S/C23H35N3O6Si/c1-23(2,3)33(5,6)32-19-12-20(17-11-21(27)24(4)13-17)25(14-19)22(28)31-15-16-7-9-18(10-8-16)26(29)30/h7-10,17,19-20H,11-15H2,1-6H3/t17-,19+,20-/m0/s1. The highest BCUT2D eigenvalue weighted by Crippen LogP contribution is 2.40. The van der Waals surface area contributed by atoms with Gasteiger partial charge in [0.05, 0.1) is 11.0 Å². The number of hydrogen-bond donors (Lipinski definition) is 0. The minimum absolute atomic E-state index is 0.00896. The first-order valence-corrected chi connectivity index (χ1v) is 14.3. The Hall–Kier alpha value is -2.46. The second-order valence-corrected chi connectivity index (χ2v) is 15.4. The summed E-state index contributed by atoms with van der Waals surface area (Å²) in [5, 5.41) is 10.9. The summed E-state index contributed by atoms with van der Waals surface area (Å²) in [6, 6.07) is 5.83. The minimum atomic E-state index is -2.03. The lowest BCUT2D eigenvalue weighted by Gasteiger charge is -2.38. The van der Waals surface area contributed by atoms with Gasteiger partial charge in [-0.2, -0.15) is 0 Å². The van der Waals surface area contributed by atoms with Crippen LogP contribution < -0.4 is 0 Å². The zero-order valence-electron chi connectivity index (χ0n) is 20.4. The number of carbonyl (C=O) groups is 2. The Labute approximate surface area is 196 Å². The first-order chi connectivity index (χ1) is 15.3. The van der Waals surface area contributed by atoms with Gasteiger partial charge in [-0.25, -0.2) is 4.79 Å². The molecule has 2 aliphatic rings. The van der Waals surface area contributed by atoms with Gasteiger partial charge in [0, 0.05) is 50.7 Å². The van der Waals surface area contributed by atoms with Crippen LogP contribution in [0.4, 0.5) is 10.5 Å². The van der Waals surface area contributed by atoms with Gasteiger partial charge in [0.25, 0.3) is 5.69 Å². The molecule has 10 heteroatoms. The van der Waals surface area contributed by atoms with Gasteiger partial charge in [0.1, 0.15) is 6.61 Å². The van der Waals surface area contributed by atoms with E-state index in [1.807, 2.05) is 0 Å². The Morgan fingerprint density at radius 1 is 1.21 bits per heavy atom. The van der Waals surface area contributed by atoms with Crippen LogP contribution in [0.1, 0.15) is 39.2 Å². The van der Waals surface area contributed by atoms with E-state index >= 15 is 0 Å². The molecule has 2 heterocycles. The van der Waals surface area contributed by atoms with Crippen LogP contribution in [0.3, 0.4) is 0 Å². The topological polar surface area (TPSA) is 102 Å². The van der Waals surface area contributed by atoms with E-state index in [1.54, 1.807) is 29.0 Å². The fourth-order valence-corrected chi connectivity index (χ4v) is 5.62. The highest BCUT2D eigenvalue weighted by atomic mass is 28.4. The molecule has 0 radical (unpaired) electrons. The van der Waals surface area contributed by atoms with Crippen molar-refractivity contribution in [3.63, 3.8) is 0 Å². The van der Waals surface area contributed by atoms with Crippen molar-refractivity contribution in [3.8, 4) is 0 Å². The lowest BCUT2D eigenvalue weighted by Crippen LogP contribution is -2.45. The Bertz CT molecular complexity index is 898. The maximum atomic E-state index is 13.1. The van der Waals surface area contributed by atoms with Crippen molar-refractivity contribution in [2.45, 2.75) is 70.5 Å². The van der Waals surface area contributed by atoms with E-state index in [2.05, 4.69) is 33.9 Å². The molecule has 2 amide bonds. The van der Waals surface area contributed by atoms with Crippen LogP contribution in [0.2, 0.25) is 18.1 Å². The monoisotopic (exact) mass is 477 g/mol. The van der Waals surface area contributed by atoms with Gasteiger partial charge in [-0.1, -0.05) is 20.8 Å². The van der Waals surface area contributed by atoms with Crippen LogP contribution in [0.25, 0.3) is 0 Å². The van der Waals surface area contributed by atoms with Crippen molar-refractivity contribution in [1.29, 1.82) is 0 Å². The summed E-state index contributed by atoms with van der Waals surface area (Å²) in [5.41, 5.74) is 0.667. The molecule has 2 saturated heterocycles.